The maximum atomic E-state index is 12.6. The highest BCUT2D eigenvalue weighted by molar-refractivity contribution is 8.00. The molecule has 0 radical (unpaired) electrons. The van der Waals surface area contributed by atoms with E-state index in [9.17, 15) is 9.59 Å². The predicted molar refractivity (Wildman–Crippen MR) is 128 cm³/mol. The number of halogens is 2. The highest BCUT2D eigenvalue weighted by Crippen LogP contribution is 2.29. The number of amides is 2. The smallest absolute Gasteiger partial charge is 0.255 e. The van der Waals surface area contributed by atoms with E-state index in [0.717, 1.165) is 4.90 Å². The van der Waals surface area contributed by atoms with E-state index >= 15 is 0 Å². The molecule has 31 heavy (non-hydrogen) atoms. The highest BCUT2D eigenvalue weighted by atomic mass is 35.5. The molecule has 1 unspecified atom stereocenters. The molecule has 0 saturated carbocycles. The molecule has 160 valence electrons. The minimum absolute atomic E-state index is 0.193. The minimum atomic E-state index is -0.390. The molecule has 1 atom stereocenters. The average Bonchev–Trinajstić information content (AvgIpc) is 2.76. The lowest BCUT2D eigenvalue weighted by molar-refractivity contribution is -0.115. The van der Waals surface area contributed by atoms with Crippen molar-refractivity contribution in [3.8, 4) is 5.75 Å². The summed E-state index contributed by atoms with van der Waals surface area (Å²) in [5, 5.41) is 6.16. The first-order valence-electron chi connectivity index (χ1n) is 9.34. The number of hydrogen-bond acceptors (Lipinski definition) is 4. The third kappa shape index (κ3) is 6.40. The summed E-state index contributed by atoms with van der Waals surface area (Å²) < 4.78 is 5.11. The van der Waals surface area contributed by atoms with Gasteiger partial charge in [-0.15, -0.1) is 11.8 Å². The molecule has 0 aliphatic rings. The zero-order valence-electron chi connectivity index (χ0n) is 16.8. The van der Waals surface area contributed by atoms with Crippen molar-refractivity contribution >= 4 is 58.2 Å². The Morgan fingerprint density at radius 2 is 1.71 bits per heavy atom. The fourth-order valence-corrected chi connectivity index (χ4v) is 4.06. The summed E-state index contributed by atoms with van der Waals surface area (Å²) in [5.41, 5.74) is 1.66. The number of anilines is 2. The van der Waals surface area contributed by atoms with Gasteiger partial charge in [-0.2, -0.15) is 0 Å². The van der Waals surface area contributed by atoms with Crippen LogP contribution in [-0.2, 0) is 4.79 Å². The molecule has 2 amide bonds. The van der Waals surface area contributed by atoms with Crippen LogP contribution in [0, 0.1) is 0 Å². The van der Waals surface area contributed by atoms with Crippen LogP contribution in [0.15, 0.2) is 71.6 Å². The molecule has 5 nitrogen and oxygen atoms in total. The minimum Gasteiger partial charge on any atom is -0.497 e. The van der Waals surface area contributed by atoms with E-state index in [1.54, 1.807) is 62.6 Å². The molecule has 0 bridgehead atoms. The second kappa shape index (κ2) is 10.6. The lowest BCUT2D eigenvalue weighted by Gasteiger charge is -2.14. The van der Waals surface area contributed by atoms with E-state index in [1.165, 1.54) is 11.8 Å². The molecular weight excluding hydrogens is 455 g/mol. The molecule has 0 aliphatic carbocycles. The number of hydrogen-bond donors (Lipinski definition) is 2. The monoisotopic (exact) mass is 474 g/mol. The van der Waals surface area contributed by atoms with Gasteiger partial charge in [0, 0.05) is 21.2 Å². The van der Waals surface area contributed by atoms with Crippen LogP contribution in [0.1, 0.15) is 17.3 Å². The second-order valence-electron chi connectivity index (χ2n) is 6.58. The van der Waals surface area contributed by atoms with Crippen LogP contribution in [-0.4, -0.2) is 24.2 Å². The van der Waals surface area contributed by atoms with Crippen molar-refractivity contribution in [2.45, 2.75) is 17.1 Å². The van der Waals surface area contributed by atoms with Gasteiger partial charge in [0.15, 0.2) is 0 Å². The van der Waals surface area contributed by atoms with Gasteiger partial charge in [0.2, 0.25) is 5.91 Å². The molecule has 3 aromatic rings. The van der Waals surface area contributed by atoms with Crippen LogP contribution in [0.4, 0.5) is 11.4 Å². The number of ether oxygens (including phenoxy) is 1. The highest BCUT2D eigenvalue weighted by Gasteiger charge is 2.16. The van der Waals surface area contributed by atoms with E-state index in [-0.39, 0.29) is 17.1 Å². The first-order valence-corrected chi connectivity index (χ1v) is 11.0. The number of rotatable bonds is 7. The standard InChI is InChI=1S/C23H20Cl2N2O3S/c1-14(22(28)27-21-11-8-16(24)12-20(21)25)31-19-5-3-4-17(13-19)26-23(29)15-6-9-18(30-2)10-7-15/h3-14H,1-2H3,(H,26,29)(H,27,28). The van der Waals surface area contributed by atoms with Crippen molar-refractivity contribution in [3.05, 3.63) is 82.3 Å². The molecule has 0 aromatic heterocycles. The van der Waals surface area contributed by atoms with Crippen molar-refractivity contribution in [2.75, 3.05) is 17.7 Å². The third-order valence-electron chi connectivity index (χ3n) is 4.32. The molecule has 3 rings (SSSR count). The predicted octanol–water partition coefficient (Wildman–Crippen LogP) is 6.37. The Kier molecular flexibility index (Phi) is 7.85. The van der Waals surface area contributed by atoms with Gasteiger partial charge < -0.3 is 15.4 Å². The van der Waals surface area contributed by atoms with Crippen molar-refractivity contribution in [1.82, 2.24) is 0 Å². The quantitative estimate of drug-likeness (QED) is 0.390. The Morgan fingerprint density at radius 1 is 0.968 bits per heavy atom. The van der Waals surface area contributed by atoms with Gasteiger partial charge >= 0.3 is 0 Å². The Labute approximate surface area is 195 Å². The van der Waals surface area contributed by atoms with E-state index in [1.807, 2.05) is 18.2 Å². The largest absolute Gasteiger partial charge is 0.497 e. The molecule has 0 saturated heterocycles. The molecular formula is C23H20Cl2N2O3S. The zero-order valence-corrected chi connectivity index (χ0v) is 19.1. The van der Waals surface area contributed by atoms with Crippen molar-refractivity contribution in [1.29, 1.82) is 0 Å². The Bertz CT molecular complexity index is 1090. The summed E-state index contributed by atoms with van der Waals surface area (Å²) in [6.45, 7) is 1.80. The van der Waals surface area contributed by atoms with Crippen molar-refractivity contribution < 1.29 is 14.3 Å². The lowest BCUT2D eigenvalue weighted by Crippen LogP contribution is -2.22. The average molecular weight is 475 g/mol. The van der Waals surface area contributed by atoms with E-state index in [2.05, 4.69) is 10.6 Å². The van der Waals surface area contributed by atoms with E-state index < -0.39 is 0 Å². The van der Waals surface area contributed by atoms with Gasteiger partial charge in [-0.05, 0) is 67.6 Å². The van der Waals surface area contributed by atoms with Gasteiger partial charge in [0.1, 0.15) is 5.75 Å². The summed E-state index contributed by atoms with van der Waals surface area (Å²) in [4.78, 5) is 25.9. The van der Waals surface area contributed by atoms with Gasteiger partial charge in [0.25, 0.3) is 5.91 Å². The first-order chi connectivity index (χ1) is 14.9. The van der Waals surface area contributed by atoms with Crippen LogP contribution < -0.4 is 15.4 Å². The molecule has 2 N–H and O–H groups in total. The summed E-state index contributed by atoms with van der Waals surface area (Å²) in [7, 11) is 1.57. The number of carbonyl (C=O) groups excluding carboxylic acids is 2. The number of methoxy groups -OCH3 is 1. The van der Waals surface area contributed by atoms with E-state index in [0.29, 0.717) is 32.7 Å². The van der Waals surface area contributed by atoms with Gasteiger partial charge in [0.05, 0.1) is 23.1 Å². The molecule has 0 spiro atoms. The first kappa shape index (κ1) is 23.0. The van der Waals surface area contributed by atoms with Crippen LogP contribution >= 0.6 is 35.0 Å². The second-order valence-corrected chi connectivity index (χ2v) is 8.84. The van der Waals surface area contributed by atoms with E-state index in [4.69, 9.17) is 27.9 Å². The van der Waals surface area contributed by atoms with Gasteiger partial charge in [-0.3, -0.25) is 9.59 Å². The molecule has 0 fully saturated rings. The van der Waals surface area contributed by atoms with Gasteiger partial charge in [-0.25, -0.2) is 0 Å². The van der Waals surface area contributed by atoms with Gasteiger partial charge in [-0.1, -0.05) is 29.3 Å². The Balaban J connectivity index is 1.62. The third-order valence-corrected chi connectivity index (χ3v) is 5.96. The van der Waals surface area contributed by atoms with Crippen molar-refractivity contribution in [2.24, 2.45) is 0 Å². The number of benzene rings is 3. The fraction of sp³-hybridized carbons (Fsp3) is 0.130. The Morgan fingerprint density at radius 3 is 2.39 bits per heavy atom. The summed E-state index contributed by atoms with van der Waals surface area (Å²) in [6, 6.07) is 19.1. The number of carbonyl (C=O) groups is 2. The maximum absolute atomic E-state index is 12.6. The number of nitrogens with one attached hydrogen (secondary N) is 2. The summed E-state index contributed by atoms with van der Waals surface area (Å²) in [6.07, 6.45) is 0. The number of thioether (sulfide) groups is 1. The molecule has 8 heteroatoms. The fourth-order valence-electron chi connectivity index (χ4n) is 2.68. The maximum Gasteiger partial charge on any atom is 0.255 e. The molecule has 0 aliphatic heterocycles. The molecule has 3 aromatic carbocycles. The normalized spacial score (nSPS) is 11.5. The van der Waals surface area contributed by atoms with Crippen LogP contribution in [0.5, 0.6) is 5.75 Å². The Hall–Kier alpha value is -2.67. The van der Waals surface area contributed by atoms with Crippen molar-refractivity contribution in [3.63, 3.8) is 0 Å². The topological polar surface area (TPSA) is 67.4 Å². The van der Waals surface area contributed by atoms with Crippen LogP contribution in [0.2, 0.25) is 10.0 Å². The van der Waals surface area contributed by atoms with Crippen LogP contribution in [0.3, 0.4) is 0 Å². The molecule has 0 heterocycles. The summed E-state index contributed by atoms with van der Waals surface area (Å²) in [5.74, 6) is 0.261. The zero-order chi connectivity index (χ0) is 22.4. The SMILES string of the molecule is COc1ccc(C(=O)Nc2cccc(SC(C)C(=O)Nc3ccc(Cl)cc3Cl)c2)cc1. The lowest BCUT2D eigenvalue weighted by atomic mass is 10.2. The summed E-state index contributed by atoms with van der Waals surface area (Å²) >= 11 is 13.4. The van der Waals surface area contributed by atoms with Crippen LogP contribution in [0.25, 0.3) is 0 Å².